The molecule has 0 spiro atoms. The van der Waals surface area contributed by atoms with Crippen LogP contribution in [-0.4, -0.2) is 10.2 Å². The number of aryl methyl sites for hydroxylation is 2. The summed E-state index contributed by atoms with van der Waals surface area (Å²) in [6.07, 6.45) is 1.85. The van der Waals surface area contributed by atoms with Crippen molar-refractivity contribution in [3.8, 4) is 5.75 Å². The van der Waals surface area contributed by atoms with Gasteiger partial charge >= 0.3 is 0 Å². The van der Waals surface area contributed by atoms with E-state index in [0.717, 1.165) is 27.9 Å². The van der Waals surface area contributed by atoms with Crippen LogP contribution in [0.3, 0.4) is 0 Å². The zero-order valence-electron chi connectivity index (χ0n) is 17.1. The molecule has 0 aliphatic carbocycles. The number of benzene rings is 3. The van der Waals surface area contributed by atoms with Crippen LogP contribution in [0.25, 0.3) is 6.08 Å². The van der Waals surface area contributed by atoms with Gasteiger partial charge in [-0.15, -0.1) is 0 Å². The molecule has 1 saturated heterocycles. The first-order valence-corrected chi connectivity index (χ1v) is 11.3. The van der Waals surface area contributed by atoms with Gasteiger partial charge in [0.25, 0.3) is 5.91 Å². The summed E-state index contributed by atoms with van der Waals surface area (Å²) < 4.78 is 6.56. The minimum atomic E-state index is -0.115. The molecule has 1 aliphatic rings. The molecule has 156 valence electrons. The van der Waals surface area contributed by atoms with Crippen LogP contribution in [0.15, 0.2) is 71.6 Å². The summed E-state index contributed by atoms with van der Waals surface area (Å²) in [5.74, 6) is 0.589. The van der Waals surface area contributed by atoms with E-state index >= 15 is 0 Å². The maximum Gasteiger partial charge on any atom is 0.270 e. The van der Waals surface area contributed by atoms with Crippen molar-refractivity contribution < 1.29 is 9.53 Å². The normalized spacial score (nSPS) is 15.1. The number of thiocarbonyl (C=S) groups is 1. The molecule has 1 fully saturated rings. The van der Waals surface area contributed by atoms with Crippen LogP contribution in [0, 0.1) is 13.8 Å². The molecule has 4 rings (SSSR count). The lowest BCUT2D eigenvalue weighted by Crippen LogP contribution is -2.28. The van der Waals surface area contributed by atoms with Gasteiger partial charge in [-0.2, -0.15) is 0 Å². The molecule has 1 heterocycles. The third kappa shape index (κ3) is 4.85. The number of amides is 1. The average molecular weight is 466 g/mol. The number of rotatable bonds is 5. The molecule has 3 aromatic carbocycles. The molecule has 0 bridgehead atoms. The smallest absolute Gasteiger partial charge is 0.270 e. The number of carbonyl (C=O) groups is 1. The summed E-state index contributed by atoms with van der Waals surface area (Å²) in [7, 11) is 0. The summed E-state index contributed by atoms with van der Waals surface area (Å²) in [5, 5.41) is 0.690. The van der Waals surface area contributed by atoms with Crippen molar-refractivity contribution in [3.63, 3.8) is 0 Å². The molecule has 3 aromatic rings. The number of nitrogens with zero attached hydrogens (tertiary/aromatic N) is 1. The van der Waals surface area contributed by atoms with Crippen molar-refractivity contribution in [2.75, 3.05) is 4.90 Å². The van der Waals surface area contributed by atoms with Crippen molar-refractivity contribution in [1.29, 1.82) is 0 Å². The molecule has 0 aromatic heterocycles. The third-order valence-corrected chi connectivity index (χ3v) is 6.47. The maximum atomic E-state index is 13.2. The molecule has 0 saturated carbocycles. The second-order valence-corrected chi connectivity index (χ2v) is 9.37. The molecule has 1 amide bonds. The van der Waals surface area contributed by atoms with Crippen LogP contribution in [0.4, 0.5) is 5.69 Å². The molecule has 1 aliphatic heterocycles. The maximum absolute atomic E-state index is 13.2. The number of ether oxygens (including phenoxy) is 1. The first kappa shape index (κ1) is 21.6. The van der Waals surface area contributed by atoms with Gasteiger partial charge in [-0.25, -0.2) is 0 Å². The monoisotopic (exact) mass is 465 g/mol. The third-order valence-electron chi connectivity index (χ3n) is 4.91. The molecule has 0 unspecified atom stereocenters. The van der Waals surface area contributed by atoms with Crippen molar-refractivity contribution in [1.82, 2.24) is 0 Å². The van der Waals surface area contributed by atoms with E-state index in [9.17, 15) is 4.79 Å². The van der Waals surface area contributed by atoms with E-state index in [2.05, 4.69) is 0 Å². The quantitative estimate of drug-likeness (QED) is 0.301. The van der Waals surface area contributed by atoms with Gasteiger partial charge in [0.15, 0.2) is 4.32 Å². The number of carbonyl (C=O) groups excluding carboxylic acids is 1. The van der Waals surface area contributed by atoms with Gasteiger partial charge in [0.1, 0.15) is 12.4 Å². The Morgan fingerprint density at radius 3 is 2.58 bits per heavy atom. The second kappa shape index (κ2) is 9.27. The summed E-state index contributed by atoms with van der Waals surface area (Å²) in [4.78, 5) is 15.4. The minimum Gasteiger partial charge on any atom is -0.488 e. The van der Waals surface area contributed by atoms with Gasteiger partial charge in [-0.05, 0) is 60.9 Å². The van der Waals surface area contributed by atoms with Gasteiger partial charge < -0.3 is 4.74 Å². The standard InChI is InChI=1S/C25H20ClNO2S2/c1-16-7-8-17(2)21(13-16)27-24(28)23(31-25(27)30)14-19-5-3-4-6-22(19)29-15-18-9-11-20(26)12-10-18/h3-14H,15H2,1-2H3/b23-14-. The molecule has 6 heteroatoms. The summed E-state index contributed by atoms with van der Waals surface area (Å²) in [5.41, 5.74) is 4.77. The van der Waals surface area contributed by atoms with Crippen molar-refractivity contribution >= 4 is 57.6 Å². The summed E-state index contributed by atoms with van der Waals surface area (Å²) >= 11 is 12.8. The molecule has 0 atom stereocenters. The highest BCUT2D eigenvalue weighted by atomic mass is 35.5. The number of hydrogen-bond acceptors (Lipinski definition) is 4. The molecule has 0 radical (unpaired) electrons. The second-order valence-electron chi connectivity index (χ2n) is 7.26. The van der Waals surface area contributed by atoms with Crippen molar-refractivity contribution in [2.45, 2.75) is 20.5 Å². The minimum absolute atomic E-state index is 0.115. The van der Waals surface area contributed by atoms with Crippen LogP contribution in [-0.2, 0) is 11.4 Å². The SMILES string of the molecule is Cc1ccc(C)c(N2C(=O)/C(=C/c3ccccc3OCc3ccc(Cl)cc3)SC2=S)c1. The van der Waals surface area contributed by atoms with Gasteiger partial charge in [0, 0.05) is 10.6 Å². The first-order valence-electron chi connectivity index (χ1n) is 9.74. The highest BCUT2D eigenvalue weighted by Gasteiger charge is 2.34. The van der Waals surface area contributed by atoms with E-state index in [1.54, 1.807) is 4.90 Å². The van der Waals surface area contributed by atoms with E-state index in [-0.39, 0.29) is 5.91 Å². The predicted octanol–water partition coefficient (Wildman–Crippen LogP) is 6.94. The van der Waals surface area contributed by atoms with Gasteiger partial charge in [0.05, 0.1) is 10.6 Å². The number of thioether (sulfide) groups is 1. The molecule has 31 heavy (non-hydrogen) atoms. The Labute approximate surface area is 196 Å². The lowest BCUT2D eigenvalue weighted by atomic mass is 10.1. The van der Waals surface area contributed by atoms with Crippen LogP contribution in [0.5, 0.6) is 5.75 Å². The molecular weight excluding hydrogens is 446 g/mol. The van der Waals surface area contributed by atoms with Crippen LogP contribution < -0.4 is 9.64 Å². The zero-order valence-corrected chi connectivity index (χ0v) is 19.5. The first-order chi connectivity index (χ1) is 14.9. The Bertz CT molecular complexity index is 1190. The van der Waals surface area contributed by atoms with Crippen molar-refractivity contribution in [2.24, 2.45) is 0 Å². The van der Waals surface area contributed by atoms with E-state index in [0.29, 0.717) is 26.6 Å². The van der Waals surface area contributed by atoms with E-state index < -0.39 is 0 Å². The van der Waals surface area contributed by atoms with Gasteiger partial charge in [-0.1, -0.05) is 78.0 Å². The number of anilines is 1. The van der Waals surface area contributed by atoms with Crippen LogP contribution in [0.2, 0.25) is 5.02 Å². The fourth-order valence-corrected chi connectivity index (χ4v) is 4.65. The van der Waals surface area contributed by atoms with Crippen LogP contribution in [0.1, 0.15) is 22.3 Å². The molecular formula is C25H20ClNO2S2. The Morgan fingerprint density at radius 1 is 1.06 bits per heavy atom. The lowest BCUT2D eigenvalue weighted by molar-refractivity contribution is -0.113. The Hall–Kier alpha value is -2.60. The number of halogens is 1. The van der Waals surface area contributed by atoms with Gasteiger partial charge in [0.2, 0.25) is 0 Å². The van der Waals surface area contributed by atoms with Crippen LogP contribution >= 0.6 is 35.6 Å². The summed E-state index contributed by atoms with van der Waals surface area (Å²) in [6.45, 7) is 4.40. The highest BCUT2D eigenvalue weighted by molar-refractivity contribution is 8.27. The molecule has 3 nitrogen and oxygen atoms in total. The number of hydrogen-bond donors (Lipinski definition) is 0. The van der Waals surface area contributed by atoms with E-state index in [4.69, 9.17) is 28.6 Å². The zero-order chi connectivity index (χ0) is 22.0. The Morgan fingerprint density at radius 2 is 1.81 bits per heavy atom. The highest BCUT2D eigenvalue weighted by Crippen LogP contribution is 2.38. The fraction of sp³-hybridized carbons (Fsp3) is 0.120. The predicted molar refractivity (Wildman–Crippen MR) is 134 cm³/mol. The summed E-state index contributed by atoms with van der Waals surface area (Å²) in [6, 6.07) is 21.2. The Balaban J connectivity index is 1.59. The fourth-order valence-electron chi connectivity index (χ4n) is 3.25. The Kier molecular flexibility index (Phi) is 6.46. The number of para-hydroxylation sites is 1. The largest absolute Gasteiger partial charge is 0.488 e. The van der Waals surface area contributed by atoms with E-state index in [1.165, 1.54) is 11.8 Å². The average Bonchev–Trinajstić information content (AvgIpc) is 3.03. The van der Waals surface area contributed by atoms with E-state index in [1.807, 2.05) is 86.7 Å². The lowest BCUT2D eigenvalue weighted by Gasteiger charge is -2.17. The van der Waals surface area contributed by atoms with Gasteiger partial charge in [-0.3, -0.25) is 9.69 Å². The topological polar surface area (TPSA) is 29.5 Å². The van der Waals surface area contributed by atoms with Crippen molar-refractivity contribution in [3.05, 3.63) is 98.9 Å². The molecule has 0 N–H and O–H groups in total.